The minimum atomic E-state index is -0.572. The van der Waals surface area contributed by atoms with E-state index < -0.39 is 5.60 Å². The summed E-state index contributed by atoms with van der Waals surface area (Å²) >= 11 is 0. The predicted molar refractivity (Wildman–Crippen MR) is 57.6 cm³/mol. The van der Waals surface area contributed by atoms with Crippen LogP contribution < -0.4 is 10.6 Å². The van der Waals surface area contributed by atoms with Crippen LogP contribution in [0.2, 0.25) is 0 Å². The average molecular weight is 212 g/mol. The first-order valence-electron chi connectivity index (χ1n) is 5.86. The van der Waals surface area contributed by atoms with Crippen LogP contribution in [0.3, 0.4) is 0 Å². The van der Waals surface area contributed by atoms with Crippen LogP contribution in [-0.2, 0) is 9.53 Å². The molecule has 0 saturated carbocycles. The molecule has 0 bridgehead atoms. The molecule has 2 rings (SSSR count). The van der Waals surface area contributed by atoms with E-state index in [1.807, 2.05) is 6.92 Å². The topological polar surface area (TPSA) is 50.4 Å². The Morgan fingerprint density at radius 3 is 3.00 bits per heavy atom. The van der Waals surface area contributed by atoms with Crippen molar-refractivity contribution in [3.8, 4) is 0 Å². The molecule has 2 N–H and O–H groups in total. The Balaban J connectivity index is 1.85. The zero-order valence-corrected chi connectivity index (χ0v) is 9.34. The number of carbonyl (C=O) groups is 1. The van der Waals surface area contributed by atoms with Gasteiger partial charge in [-0.25, -0.2) is 0 Å². The van der Waals surface area contributed by atoms with Gasteiger partial charge in [-0.05, 0) is 39.2 Å². The number of ether oxygens (including phenoxy) is 1. The van der Waals surface area contributed by atoms with Gasteiger partial charge in [0.1, 0.15) is 5.60 Å². The molecule has 0 spiro atoms. The molecular weight excluding hydrogens is 192 g/mol. The van der Waals surface area contributed by atoms with Gasteiger partial charge >= 0.3 is 0 Å². The molecule has 2 saturated heterocycles. The smallest absolute Gasteiger partial charge is 0.252 e. The minimum absolute atomic E-state index is 0.0636. The molecule has 2 aliphatic heterocycles. The van der Waals surface area contributed by atoms with Gasteiger partial charge < -0.3 is 15.4 Å². The first-order chi connectivity index (χ1) is 7.21. The third-order valence-corrected chi connectivity index (χ3v) is 3.33. The van der Waals surface area contributed by atoms with Gasteiger partial charge in [0, 0.05) is 19.2 Å². The van der Waals surface area contributed by atoms with E-state index >= 15 is 0 Å². The van der Waals surface area contributed by atoms with Crippen LogP contribution in [0.25, 0.3) is 0 Å². The lowest BCUT2D eigenvalue weighted by atomic mass is 10.00. The van der Waals surface area contributed by atoms with Crippen molar-refractivity contribution in [1.82, 2.24) is 10.6 Å². The van der Waals surface area contributed by atoms with Crippen LogP contribution in [0.15, 0.2) is 0 Å². The van der Waals surface area contributed by atoms with Gasteiger partial charge in [-0.2, -0.15) is 0 Å². The van der Waals surface area contributed by atoms with Crippen LogP contribution in [-0.4, -0.2) is 37.2 Å². The molecule has 86 valence electrons. The molecule has 2 atom stereocenters. The number of amides is 1. The highest BCUT2D eigenvalue weighted by molar-refractivity contribution is 5.85. The molecule has 4 heteroatoms. The molecule has 2 aliphatic rings. The second-order valence-corrected chi connectivity index (χ2v) is 4.70. The Morgan fingerprint density at radius 1 is 1.53 bits per heavy atom. The fraction of sp³-hybridized carbons (Fsp3) is 0.909. The quantitative estimate of drug-likeness (QED) is 0.697. The van der Waals surface area contributed by atoms with Crippen LogP contribution in [0.5, 0.6) is 0 Å². The Morgan fingerprint density at radius 2 is 2.40 bits per heavy atom. The molecular formula is C11H20N2O2. The zero-order chi connectivity index (χ0) is 10.7. The maximum Gasteiger partial charge on any atom is 0.252 e. The molecule has 0 radical (unpaired) electrons. The minimum Gasteiger partial charge on any atom is -0.365 e. The molecule has 15 heavy (non-hydrogen) atoms. The van der Waals surface area contributed by atoms with E-state index in [0.29, 0.717) is 6.61 Å². The number of piperidine rings is 1. The number of nitrogens with one attached hydrogen (secondary N) is 2. The molecule has 2 heterocycles. The second kappa shape index (κ2) is 4.49. The third-order valence-electron chi connectivity index (χ3n) is 3.33. The van der Waals surface area contributed by atoms with E-state index in [4.69, 9.17) is 4.74 Å². The Bertz CT molecular complexity index is 231. The zero-order valence-electron chi connectivity index (χ0n) is 9.34. The largest absolute Gasteiger partial charge is 0.365 e. The number of hydrogen-bond acceptors (Lipinski definition) is 3. The van der Waals surface area contributed by atoms with Gasteiger partial charge in [0.05, 0.1) is 0 Å². The van der Waals surface area contributed by atoms with Gasteiger partial charge in [0.2, 0.25) is 0 Å². The van der Waals surface area contributed by atoms with E-state index in [1.165, 1.54) is 0 Å². The van der Waals surface area contributed by atoms with Crippen molar-refractivity contribution < 1.29 is 9.53 Å². The molecule has 0 aromatic rings. The molecule has 2 unspecified atom stereocenters. The van der Waals surface area contributed by atoms with Crippen molar-refractivity contribution in [2.45, 2.75) is 44.2 Å². The summed E-state index contributed by atoms with van der Waals surface area (Å²) in [4.78, 5) is 12.0. The summed E-state index contributed by atoms with van der Waals surface area (Å²) in [6, 6.07) is 0.285. The van der Waals surface area contributed by atoms with Gasteiger partial charge in [-0.1, -0.05) is 0 Å². The Hall–Kier alpha value is -0.610. The van der Waals surface area contributed by atoms with E-state index in [2.05, 4.69) is 10.6 Å². The highest BCUT2D eigenvalue weighted by Crippen LogP contribution is 2.25. The van der Waals surface area contributed by atoms with Crippen LogP contribution in [0.1, 0.15) is 32.6 Å². The molecule has 4 nitrogen and oxygen atoms in total. The Labute approximate surface area is 90.8 Å². The summed E-state index contributed by atoms with van der Waals surface area (Å²) < 4.78 is 5.51. The average Bonchev–Trinajstić information content (AvgIpc) is 2.68. The van der Waals surface area contributed by atoms with Crippen LogP contribution >= 0.6 is 0 Å². The second-order valence-electron chi connectivity index (χ2n) is 4.70. The highest BCUT2D eigenvalue weighted by Gasteiger charge is 2.38. The number of carbonyl (C=O) groups excluding carboxylic acids is 1. The van der Waals surface area contributed by atoms with Crippen molar-refractivity contribution in [2.24, 2.45) is 0 Å². The summed E-state index contributed by atoms with van der Waals surface area (Å²) in [6.45, 7) is 4.57. The summed E-state index contributed by atoms with van der Waals surface area (Å²) in [5.74, 6) is 0.0636. The lowest BCUT2D eigenvalue weighted by Crippen LogP contribution is -2.52. The predicted octanol–water partition coefficient (Wildman–Crippen LogP) is 0.424. The van der Waals surface area contributed by atoms with Crippen molar-refractivity contribution in [1.29, 1.82) is 0 Å². The van der Waals surface area contributed by atoms with E-state index in [-0.39, 0.29) is 11.9 Å². The lowest BCUT2D eigenvalue weighted by molar-refractivity contribution is -0.140. The maximum atomic E-state index is 12.0. The third kappa shape index (κ3) is 2.49. The molecule has 0 aromatic carbocycles. The van der Waals surface area contributed by atoms with E-state index in [0.717, 1.165) is 38.8 Å². The first-order valence-corrected chi connectivity index (χ1v) is 5.86. The first kappa shape index (κ1) is 10.9. The van der Waals surface area contributed by atoms with Gasteiger partial charge in [0.15, 0.2) is 0 Å². The number of hydrogen-bond donors (Lipinski definition) is 2. The normalized spacial score (nSPS) is 36.5. The van der Waals surface area contributed by atoms with E-state index in [1.54, 1.807) is 0 Å². The molecule has 0 aromatic heterocycles. The summed E-state index contributed by atoms with van der Waals surface area (Å²) in [5, 5.41) is 6.36. The van der Waals surface area contributed by atoms with Crippen LogP contribution in [0.4, 0.5) is 0 Å². The van der Waals surface area contributed by atoms with Gasteiger partial charge in [-0.3, -0.25) is 4.79 Å². The fourth-order valence-electron chi connectivity index (χ4n) is 2.27. The Kier molecular flexibility index (Phi) is 3.26. The lowest BCUT2D eigenvalue weighted by Gasteiger charge is -2.28. The molecule has 1 amide bonds. The van der Waals surface area contributed by atoms with Crippen molar-refractivity contribution >= 4 is 5.91 Å². The van der Waals surface area contributed by atoms with Crippen molar-refractivity contribution in [2.75, 3.05) is 19.7 Å². The van der Waals surface area contributed by atoms with Crippen molar-refractivity contribution in [3.63, 3.8) is 0 Å². The summed E-state index contributed by atoms with van der Waals surface area (Å²) in [7, 11) is 0. The van der Waals surface area contributed by atoms with Crippen LogP contribution in [0, 0.1) is 0 Å². The van der Waals surface area contributed by atoms with E-state index in [9.17, 15) is 4.79 Å². The number of rotatable bonds is 2. The van der Waals surface area contributed by atoms with Crippen molar-refractivity contribution in [3.05, 3.63) is 0 Å². The standard InChI is InChI=1S/C11H20N2O2/c1-11(5-3-7-15-11)10(14)13-9-4-2-6-12-8-9/h9,12H,2-8H2,1H3,(H,13,14). The molecule has 0 aliphatic carbocycles. The summed E-state index contributed by atoms with van der Waals surface area (Å²) in [6.07, 6.45) is 4.06. The summed E-state index contributed by atoms with van der Waals surface area (Å²) in [5.41, 5.74) is -0.572. The van der Waals surface area contributed by atoms with Gasteiger partial charge in [-0.15, -0.1) is 0 Å². The SMILES string of the molecule is CC1(C(=O)NC2CCCNC2)CCCO1. The maximum absolute atomic E-state index is 12.0. The monoisotopic (exact) mass is 212 g/mol. The fourth-order valence-corrected chi connectivity index (χ4v) is 2.27. The molecule has 2 fully saturated rings. The van der Waals surface area contributed by atoms with Gasteiger partial charge in [0.25, 0.3) is 5.91 Å². The highest BCUT2D eigenvalue weighted by atomic mass is 16.5.